The van der Waals surface area contributed by atoms with E-state index in [9.17, 15) is 0 Å². The predicted octanol–water partition coefficient (Wildman–Crippen LogP) is 3.81. The third-order valence-electron chi connectivity index (χ3n) is 4.91. The van der Waals surface area contributed by atoms with Gasteiger partial charge >= 0.3 is 0 Å². The van der Waals surface area contributed by atoms with Crippen LogP contribution in [0.4, 0.5) is 0 Å². The molecule has 0 atom stereocenters. The standard InChI is InChI=1S/C21H46N.HI/c1-6-7-8-9-10-11-13-16-19-22(4,5)20-17-14-12-15-18-21(2)3;/h21H,6-20H2,1-5H3;1H/q+1;/p-1. The molecule has 0 saturated heterocycles. The first-order chi connectivity index (χ1) is 10.5. The van der Waals surface area contributed by atoms with Gasteiger partial charge in [-0.05, 0) is 31.6 Å². The summed E-state index contributed by atoms with van der Waals surface area (Å²) < 4.78 is 1.24. The third kappa shape index (κ3) is 20.6. The minimum absolute atomic E-state index is 0. The van der Waals surface area contributed by atoms with Crippen molar-refractivity contribution in [1.82, 2.24) is 0 Å². The summed E-state index contributed by atoms with van der Waals surface area (Å²) in [5.41, 5.74) is 0. The summed E-state index contributed by atoms with van der Waals surface area (Å²) in [5.74, 6) is 0.884. The molecule has 0 aliphatic rings. The van der Waals surface area contributed by atoms with Crippen LogP contribution >= 0.6 is 0 Å². The summed E-state index contributed by atoms with van der Waals surface area (Å²) in [6.45, 7) is 9.72. The van der Waals surface area contributed by atoms with Crippen molar-refractivity contribution in [1.29, 1.82) is 0 Å². The van der Waals surface area contributed by atoms with Crippen molar-refractivity contribution in [3.8, 4) is 0 Å². The number of nitrogens with zero attached hydrogens (tertiary/aromatic N) is 1. The molecule has 0 N–H and O–H groups in total. The van der Waals surface area contributed by atoms with Gasteiger partial charge in [-0.15, -0.1) is 0 Å². The SMILES string of the molecule is CCCCCCCCCC[N+](C)(C)CCCCCCC(C)C.[I-]. The molecule has 0 aliphatic heterocycles. The molecule has 142 valence electrons. The Labute approximate surface area is 165 Å². The lowest BCUT2D eigenvalue weighted by Crippen LogP contribution is -3.00. The minimum Gasteiger partial charge on any atom is -1.00 e. The fourth-order valence-corrected chi connectivity index (χ4v) is 3.23. The zero-order valence-electron chi connectivity index (χ0n) is 17.0. The van der Waals surface area contributed by atoms with E-state index in [1.54, 1.807) is 0 Å². The van der Waals surface area contributed by atoms with E-state index in [4.69, 9.17) is 0 Å². The molecule has 0 saturated carbocycles. The molecule has 23 heavy (non-hydrogen) atoms. The van der Waals surface area contributed by atoms with Crippen LogP contribution in [0.15, 0.2) is 0 Å². The Hall–Kier alpha value is 0.690. The summed E-state index contributed by atoms with van der Waals surface area (Å²) in [6.07, 6.45) is 18.6. The van der Waals surface area contributed by atoms with E-state index < -0.39 is 0 Å². The monoisotopic (exact) mass is 439 g/mol. The summed E-state index contributed by atoms with van der Waals surface area (Å²) in [5, 5.41) is 0. The molecule has 0 aromatic carbocycles. The Balaban J connectivity index is 0. The second-order valence-corrected chi connectivity index (χ2v) is 8.45. The first kappa shape index (κ1) is 25.9. The van der Waals surface area contributed by atoms with Gasteiger partial charge in [-0.1, -0.05) is 78.6 Å². The topological polar surface area (TPSA) is 0 Å². The van der Waals surface area contributed by atoms with Gasteiger partial charge < -0.3 is 28.5 Å². The van der Waals surface area contributed by atoms with E-state index in [0.717, 1.165) is 5.92 Å². The average molecular weight is 440 g/mol. The minimum atomic E-state index is 0. The Kier molecular flexibility index (Phi) is 19.7. The third-order valence-corrected chi connectivity index (χ3v) is 4.91. The van der Waals surface area contributed by atoms with Crippen LogP contribution in [0.1, 0.15) is 104 Å². The number of halogens is 1. The van der Waals surface area contributed by atoms with E-state index in [1.807, 2.05) is 0 Å². The van der Waals surface area contributed by atoms with Gasteiger partial charge in [0, 0.05) is 0 Å². The molecular formula is C21H46IN. The summed E-state index contributed by atoms with van der Waals surface area (Å²) >= 11 is 0. The molecule has 0 fully saturated rings. The van der Waals surface area contributed by atoms with Gasteiger partial charge in [0.05, 0.1) is 27.2 Å². The van der Waals surface area contributed by atoms with Crippen LogP contribution in [0.2, 0.25) is 0 Å². The van der Waals surface area contributed by atoms with Crippen molar-refractivity contribution >= 4 is 0 Å². The molecular weight excluding hydrogens is 393 g/mol. The highest BCUT2D eigenvalue weighted by molar-refractivity contribution is 4.49. The van der Waals surface area contributed by atoms with Crippen LogP contribution in [0.25, 0.3) is 0 Å². The fraction of sp³-hybridized carbons (Fsp3) is 1.00. The second-order valence-electron chi connectivity index (χ2n) is 8.45. The summed E-state index contributed by atoms with van der Waals surface area (Å²) in [7, 11) is 4.85. The van der Waals surface area contributed by atoms with Crippen molar-refractivity contribution in [2.45, 2.75) is 104 Å². The molecule has 2 heteroatoms. The van der Waals surface area contributed by atoms with Crippen molar-refractivity contribution in [3.05, 3.63) is 0 Å². The second kappa shape index (κ2) is 17.5. The lowest BCUT2D eigenvalue weighted by molar-refractivity contribution is -0.890. The van der Waals surface area contributed by atoms with Crippen molar-refractivity contribution in [2.24, 2.45) is 5.92 Å². The zero-order valence-corrected chi connectivity index (χ0v) is 19.2. The first-order valence-corrected chi connectivity index (χ1v) is 10.3. The lowest BCUT2D eigenvalue weighted by Gasteiger charge is -2.30. The van der Waals surface area contributed by atoms with Crippen LogP contribution in [-0.2, 0) is 0 Å². The highest BCUT2D eigenvalue weighted by Gasteiger charge is 2.13. The normalized spacial score (nSPS) is 11.7. The van der Waals surface area contributed by atoms with Crippen LogP contribution < -0.4 is 24.0 Å². The maximum absolute atomic E-state index is 2.43. The molecule has 0 aromatic heterocycles. The van der Waals surface area contributed by atoms with Crippen LogP contribution in [0.3, 0.4) is 0 Å². The Morgan fingerprint density at radius 2 is 1.00 bits per heavy atom. The number of hydrogen-bond acceptors (Lipinski definition) is 0. The number of hydrogen-bond donors (Lipinski definition) is 0. The molecule has 0 rings (SSSR count). The van der Waals surface area contributed by atoms with E-state index in [1.165, 1.54) is 101 Å². The largest absolute Gasteiger partial charge is 1.00 e. The van der Waals surface area contributed by atoms with E-state index in [0.29, 0.717) is 0 Å². The predicted molar refractivity (Wildman–Crippen MR) is 102 cm³/mol. The number of unbranched alkanes of at least 4 members (excludes halogenated alkanes) is 10. The van der Waals surface area contributed by atoms with Gasteiger partial charge in [-0.25, -0.2) is 0 Å². The van der Waals surface area contributed by atoms with Crippen LogP contribution in [-0.4, -0.2) is 31.7 Å². The van der Waals surface area contributed by atoms with Gasteiger partial charge in [0.25, 0.3) is 0 Å². The average Bonchev–Trinajstić information content (AvgIpc) is 2.45. The molecule has 0 radical (unpaired) electrons. The van der Waals surface area contributed by atoms with Crippen LogP contribution in [0.5, 0.6) is 0 Å². The van der Waals surface area contributed by atoms with Crippen molar-refractivity contribution < 1.29 is 28.5 Å². The molecule has 0 unspecified atom stereocenters. The lowest BCUT2D eigenvalue weighted by atomic mass is 10.0. The first-order valence-electron chi connectivity index (χ1n) is 10.3. The quantitative estimate of drug-likeness (QED) is 0.195. The van der Waals surface area contributed by atoms with E-state index >= 15 is 0 Å². The Morgan fingerprint density at radius 1 is 0.609 bits per heavy atom. The smallest absolute Gasteiger partial charge is 0.0782 e. The Morgan fingerprint density at radius 3 is 1.43 bits per heavy atom. The summed E-state index contributed by atoms with van der Waals surface area (Å²) in [4.78, 5) is 0. The molecule has 0 heterocycles. The highest BCUT2D eigenvalue weighted by Crippen LogP contribution is 2.13. The van der Waals surface area contributed by atoms with Gasteiger partial charge in [0.2, 0.25) is 0 Å². The summed E-state index contributed by atoms with van der Waals surface area (Å²) in [6, 6.07) is 0. The van der Waals surface area contributed by atoms with Crippen molar-refractivity contribution in [3.63, 3.8) is 0 Å². The number of quaternary nitrogens is 1. The number of rotatable bonds is 16. The molecule has 0 aromatic rings. The maximum Gasteiger partial charge on any atom is 0.0782 e. The Bertz CT molecular complexity index is 226. The van der Waals surface area contributed by atoms with Crippen molar-refractivity contribution in [2.75, 3.05) is 27.2 Å². The molecule has 0 spiro atoms. The molecule has 0 amide bonds. The fourth-order valence-electron chi connectivity index (χ4n) is 3.23. The van der Waals surface area contributed by atoms with Gasteiger partial charge in [-0.2, -0.15) is 0 Å². The molecule has 1 nitrogen and oxygen atoms in total. The van der Waals surface area contributed by atoms with Crippen LogP contribution in [0, 0.1) is 5.92 Å². The molecule has 0 aliphatic carbocycles. The van der Waals surface area contributed by atoms with Gasteiger partial charge in [0.1, 0.15) is 0 Å². The van der Waals surface area contributed by atoms with Gasteiger partial charge in [-0.3, -0.25) is 0 Å². The molecule has 0 bridgehead atoms. The maximum atomic E-state index is 2.43. The van der Waals surface area contributed by atoms with E-state index in [-0.39, 0.29) is 24.0 Å². The highest BCUT2D eigenvalue weighted by atomic mass is 127. The van der Waals surface area contributed by atoms with E-state index in [2.05, 4.69) is 34.9 Å². The zero-order chi connectivity index (χ0) is 16.7. The van der Waals surface area contributed by atoms with Gasteiger partial charge in [0.15, 0.2) is 0 Å².